The van der Waals surface area contributed by atoms with Gasteiger partial charge < -0.3 is 10.0 Å². The van der Waals surface area contributed by atoms with E-state index in [1.54, 1.807) is 11.0 Å². The monoisotopic (exact) mass is 287 g/mol. The minimum atomic E-state index is -0.844. The Morgan fingerprint density at radius 2 is 2.10 bits per heavy atom. The van der Waals surface area contributed by atoms with Gasteiger partial charge in [0, 0.05) is 24.9 Å². The van der Waals surface area contributed by atoms with E-state index in [0.29, 0.717) is 13.0 Å². The fourth-order valence-corrected chi connectivity index (χ4v) is 2.92. The van der Waals surface area contributed by atoms with Crippen LogP contribution in [0.1, 0.15) is 37.2 Å². The molecule has 2 rings (SSSR count). The molecule has 1 N–H and O–H groups in total. The number of aliphatic carboxylic acids is 1. The van der Waals surface area contributed by atoms with Crippen molar-refractivity contribution in [2.24, 2.45) is 0 Å². The highest BCUT2D eigenvalue weighted by Crippen LogP contribution is 2.26. The molecule has 2 unspecified atom stereocenters. The Kier molecular flexibility index (Phi) is 5.14. The van der Waals surface area contributed by atoms with Crippen LogP contribution < -0.4 is 0 Å². The van der Waals surface area contributed by atoms with Crippen LogP contribution >= 0.6 is 0 Å². The van der Waals surface area contributed by atoms with Crippen LogP contribution in [0.2, 0.25) is 0 Å². The molecule has 1 saturated heterocycles. The van der Waals surface area contributed by atoms with E-state index in [0.717, 1.165) is 18.4 Å². The molecule has 1 amide bonds. The van der Waals surface area contributed by atoms with Crippen molar-refractivity contribution in [2.45, 2.75) is 37.6 Å². The number of carbonyl (C=O) groups is 2. The second-order valence-corrected chi connectivity index (χ2v) is 5.44. The lowest BCUT2D eigenvalue weighted by Crippen LogP contribution is -2.37. The number of likely N-dealkylation sites (tertiary alicyclic amines) is 1. The maximum Gasteiger partial charge on any atom is 0.305 e. The zero-order chi connectivity index (χ0) is 15.2. The van der Waals surface area contributed by atoms with Crippen LogP contribution in [0.15, 0.2) is 43.0 Å². The van der Waals surface area contributed by atoms with Gasteiger partial charge in [0.25, 0.3) is 0 Å². The molecule has 1 fully saturated rings. The van der Waals surface area contributed by atoms with Gasteiger partial charge in [0.15, 0.2) is 0 Å². The average molecular weight is 287 g/mol. The van der Waals surface area contributed by atoms with Crippen LogP contribution in [0.3, 0.4) is 0 Å². The molecule has 0 aliphatic carbocycles. The first-order valence-corrected chi connectivity index (χ1v) is 7.30. The van der Waals surface area contributed by atoms with E-state index in [2.05, 4.69) is 6.58 Å². The van der Waals surface area contributed by atoms with E-state index in [9.17, 15) is 9.59 Å². The summed E-state index contributed by atoms with van der Waals surface area (Å²) in [5, 5.41) is 8.93. The molecule has 1 aromatic rings. The highest BCUT2D eigenvalue weighted by atomic mass is 16.4. The van der Waals surface area contributed by atoms with Crippen LogP contribution in [0.25, 0.3) is 0 Å². The molecule has 2 atom stereocenters. The normalized spacial score (nSPS) is 19.2. The van der Waals surface area contributed by atoms with E-state index in [-0.39, 0.29) is 24.3 Å². The van der Waals surface area contributed by atoms with Crippen molar-refractivity contribution in [3.63, 3.8) is 0 Å². The number of rotatable bonds is 6. The summed E-state index contributed by atoms with van der Waals surface area (Å²) in [6.45, 7) is 4.48. The number of amides is 1. The number of carbonyl (C=O) groups excluding carboxylic acids is 1. The van der Waals surface area contributed by atoms with Gasteiger partial charge in [-0.2, -0.15) is 0 Å². The van der Waals surface area contributed by atoms with Gasteiger partial charge in [0.05, 0.1) is 6.42 Å². The van der Waals surface area contributed by atoms with Gasteiger partial charge in [0.1, 0.15) is 0 Å². The van der Waals surface area contributed by atoms with Gasteiger partial charge in [-0.1, -0.05) is 36.4 Å². The Hall–Kier alpha value is -2.10. The summed E-state index contributed by atoms with van der Waals surface area (Å²) in [4.78, 5) is 25.1. The van der Waals surface area contributed by atoms with Crippen molar-refractivity contribution in [2.75, 3.05) is 6.54 Å². The third-order valence-corrected chi connectivity index (χ3v) is 4.01. The molecule has 112 valence electrons. The predicted octanol–water partition coefficient (Wildman–Crippen LogP) is 2.81. The third kappa shape index (κ3) is 3.94. The van der Waals surface area contributed by atoms with Crippen LogP contribution in [-0.2, 0) is 9.59 Å². The van der Waals surface area contributed by atoms with Gasteiger partial charge in [-0.25, -0.2) is 0 Å². The molecular formula is C17H21NO3. The third-order valence-electron chi connectivity index (χ3n) is 4.01. The Bertz CT molecular complexity index is 512. The van der Waals surface area contributed by atoms with Crippen molar-refractivity contribution in [1.29, 1.82) is 0 Å². The number of nitrogens with zero attached hydrogens (tertiary/aromatic N) is 1. The number of carboxylic acids is 1. The van der Waals surface area contributed by atoms with E-state index in [1.165, 1.54) is 0 Å². The molecule has 4 heteroatoms. The summed E-state index contributed by atoms with van der Waals surface area (Å²) in [5.41, 5.74) is 1.06. The maximum absolute atomic E-state index is 12.5. The number of allylic oxidation sites excluding steroid dienone is 1. The topological polar surface area (TPSA) is 57.6 Å². The lowest BCUT2D eigenvalue weighted by molar-refractivity contribution is -0.139. The zero-order valence-electron chi connectivity index (χ0n) is 12.1. The van der Waals surface area contributed by atoms with Gasteiger partial charge in [0.2, 0.25) is 5.91 Å². The molecule has 0 aromatic heterocycles. The van der Waals surface area contributed by atoms with Crippen molar-refractivity contribution in [3.05, 3.63) is 48.6 Å². The quantitative estimate of drug-likeness (QED) is 0.818. The minimum absolute atomic E-state index is 0.0208. The first-order chi connectivity index (χ1) is 10.1. The summed E-state index contributed by atoms with van der Waals surface area (Å²) in [6, 6.07) is 9.64. The van der Waals surface area contributed by atoms with Crippen LogP contribution in [-0.4, -0.2) is 34.5 Å². The molecule has 0 saturated carbocycles. The van der Waals surface area contributed by atoms with E-state index in [4.69, 9.17) is 5.11 Å². The smallest absolute Gasteiger partial charge is 0.305 e. The van der Waals surface area contributed by atoms with Gasteiger partial charge in [-0.05, 0) is 18.4 Å². The molecule has 4 nitrogen and oxygen atoms in total. The Morgan fingerprint density at radius 3 is 2.71 bits per heavy atom. The van der Waals surface area contributed by atoms with Gasteiger partial charge in [-0.3, -0.25) is 9.59 Å². The first kappa shape index (κ1) is 15.3. The average Bonchev–Trinajstić information content (AvgIpc) is 2.93. The second-order valence-electron chi connectivity index (χ2n) is 5.44. The highest BCUT2D eigenvalue weighted by molar-refractivity contribution is 5.79. The van der Waals surface area contributed by atoms with Crippen molar-refractivity contribution in [1.82, 2.24) is 4.90 Å². The summed E-state index contributed by atoms with van der Waals surface area (Å²) >= 11 is 0. The Balaban J connectivity index is 2.02. The number of carboxylic acid groups (broad SMARTS) is 1. The molecule has 0 spiro atoms. The van der Waals surface area contributed by atoms with Crippen LogP contribution in [0, 0.1) is 0 Å². The fraction of sp³-hybridized carbons (Fsp3) is 0.412. The largest absolute Gasteiger partial charge is 0.481 e. The Morgan fingerprint density at radius 1 is 1.38 bits per heavy atom. The number of hydrogen-bond acceptors (Lipinski definition) is 2. The van der Waals surface area contributed by atoms with E-state index < -0.39 is 5.97 Å². The Labute approximate surface area is 125 Å². The lowest BCUT2D eigenvalue weighted by atomic mass is 9.95. The standard InChI is InChI=1S/C17H21NO3/c1-2-13(14-7-4-3-5-8-14)11-16(19)18-10-6-9-15(18)12-17(20)21/h2-5,7-8,13,15H,1,6,9-12H2,(H,20,21). The minimum Gasteiger partial charge on any atom is -0.481 e. The van der Waals surface area contributed by atoms with Gasteiger partial charge in [-0.15, -0.1) is 6.58 Å². The SMILES string of the molecule is C=CC(CC(=O)N1CCCC1CC(=O)O)c1ccccc1. The maximum atomic E-state index is 12.5. The van der Waals surface area contributed by atoms with E-state index >= 15 is 0 Å². The summed E-state index contributed by atoms with van der Waals surface area (Å²) in [7, 11) is 0. The van der Waals surface area contributed by atoms with E-state index in [1.807, 2.05) is 30.3 Å². The van der Waals surface area contributed by atoms with Crippen molar-refractivity contribution >= 4 is 11.9 Å². The highest BCUT2D eigenvalue weighted by Gasteiger charge is 2.31. The zero-order valence-corrected chi connectivity index (χ0v) is 12.1. The first-order valence-electron chi connectivity index (χ1n) is 7.30. The fourth-order valence-electron chi connectivity index (χ4n) is 2.92. The van der Waals surface area contributed by atoms with Crippen LogP contribution in [0.4, 0.5) is 0 Å². The van der Waals surface area contributed by atoms with Crippen molar-refractivity contribution in [3.8, 4) is 0 Å². The summed E-state index contributed by atoms with van der Waals surface area (Å²) in [5.74, 6) is -0.847. The molecular weight excluding hydrogens is 266 g/mol. The number of hydrogen-bond donors (Lipinski definition) is 1. The molecule has 1 aliphatic rings. The molecule has 1 aromatic carbocycles. The molecule has 0 radical (unpaired) electrons. The number of benzene rings is 1. The van der Waals surface area contributed by atoms with Crippen LogP contribution in [0.5, 0.6) is 0 Å². The predicted molar refractivity (Wildman–Crippen MR) is 81.0 cm³/mol. The van der Waals surface area contributed by atoms with Gasteiger partial charge >= 0.3 is 5.97 Å². The summed E-state index contributed by atoms with van der Waals surface area (Å²) < 4.78 is 0. The molecule has 1 heterocycles. The molecule has 0 bridgehead atoms. The molecule has 21 heavy (non-hydrogen) atoms. The second kappa shape index (κ2) is 7.07. The molecule has 1 aliphatic heterocycles. The van der Waals surface area contributed by atoms with Crippen molar-refractivity contribution < 1.29 is 14.7 Å². The summed E-state index contributed by atoms with van der Waals surface area (Å²) in [6.07, 6.45) is 3.84. The lowest BCUT2D eigenvalue weighted by Gasteiger charge is -2.25.